The molecule has 0 saturated carbocycles. The second kappa shape index (κ2) is 5.35. The van der Waals surface area contributed by atoms with Crippen molar-refractivity contribution in [1.82, 2.24) is 10.6 Å². The fourth-order valence-corrected chi connectivity index (χ4v) is 2.03. The van der Waals surface area contributed by atoms with Gasteiger partial charge in [0.25, 0.3) is 0 Å². The molecule has 0 aromatic rings. The Morgan fingerprint density at radius 3 is 2.79 bits per heavy atom. The van der Waals surface area contributed by atoms with Gasteiger partial charge in [-0.15, -0.1) is 0 Å². The van der Waals surface area contributed by atoms with Crippen molar-refractivity contribution < 1.29 is 4.79 Å². The first kappa shape index (κ1) is 11.5. The summed E-state index contributed by atoms with van der Waals surface area (Å²) < 4.78 is 0. The highest BCUT2D eigenvalue weighted by atomic mass is 16.1. The van der Waals surface area contributed by atoms with E-state index in [9.17, 15) is 4.79 Å². The molecule has 1 amide bonds. The molecule has 0 aromatic heterocycles. The Hall–Kier alpha value is -0.570. The molecular formula is C11H22N2O. The van der Waals surface area contributed by atoms with Gasteiger partial charge < -0.3 is 10.6 Å². The lowest BCUT2D eigenvalue weighted by Gasteiger charge is -2.33. The predicted molar refractivity (Wildman–Crippen MR) is 58.0 cm³/mol. The molecular weight excluding hydrogens is 176 g/mol. The monoisotopic (exact) mass is 198 g/mol. The highest BCUT2D eigenvalue weighted by Crippen LogP contribution is 2.20. The number of hydrogen-bond acceptors (Lipinski definition) is 2. The molecule has 0 radical (unpaired) electrons. The van der Waals surface area contributed by atoms with Gasteiger partial charge in [0, 0.05) is 25.6 Å². The van der Waals surface area contributed by atoms with Crippen LogP contribution in [-0.2, 0) is 4.79 Å². The number of amides is 1. The number of carbonyl (C=O) groups is 1. The lowest BCUT2D eigenvalue weighted by atomic mass is 9.85. The van der Waals surface area contributed by atoms with Gasteiger partial charge in [-0.1, -0.05) is 13.8 Å². The summed E-state index contributed by atoms with van der Waals surface area (Å²) in [5.41, 5.74) is 0. The zero-order chi connectivity index (χ0) is 10.6. The van der Waals surface area contributed by atoms with E-state index in [-0.39, 0.29) is 5.91 Å². The second-order valence-corrected chi connectivity index (χ2v) is 4.44. The van der Waals surface area contributed by atoms with Gasteiger partial charge >= 0.3 is 0 Å². The molecule has 0 bridgehead atoms. The van der Waals surface area contributed by atoms with Gasteiger partial charge in [-0.3, -0.25) is 4.79 Å². The van der Waals surface area contributed by atoms with Crippen molar-refractivity contribution in [3.63, 3.8) is 0 Å². The molecule has 14 heavy (non-hydrogen) atoms. The molecule has 0 aliphatic carbocycles. The Labute approximate surface area is 86.6 Å². The maximum Gasteiger partial charge on any atom is 0.219 e. The molecule has 1 fully saturated rings. The molecule has 3 atom stereocenters. The van der Waals surface area contributed by atoms with Crippen LogP contribution in [0.2, 0.25) is 0 Å². The van der Waals surface area contributed by atoms with Crippen molar-refractivity contribution in [2.45, 2.75) is 39.7 Å². The molecule has 0 spiro atoms. The first-order valence-electron chi connectivity index (χ1n) is 5.63. The van der Waals surface area contributed by atoms with E-state index in [1.165, 1.54) is 6.42 Å². The Kier molecular flexibility index (Phi) is 4.39. The van der Waals surface area contributed by atoms with Gasteiger partial charge in [-0.05, 0) is 25.2 Å². The third-order valence-corrected chi connectivity index (χ3v) is 3.14. The molecule has 2 N–H and O–H groups in total. The second-order valence-electron chi connectivity index (χ2n) is 4.44. The van der Waals surface area contributed by atoms with Gasteiger partial charge in [0.15, 0.2) is 0 Å². The Balaban J connectivity index is 2.27. The minimum Gasteiger partial charge on any atom is -0.356 e. The summed E-state index contributed by atoms with van der Waals surface area (Å²) in [6.45, 7) is 8.25. The first-order valence-corrected chi connectivity index (χ1v) is 5.63. The molecule has 3 nitrogen and oxygen atoms in total. The van der Waals surface area contributed by atoms with Crippen molar-refractivity contribution in [3.05, 3.63) is 0 Å². The van der Waals surface area contributed by atoms with Crippen LogP contribution in [0.25, 0.3) is 0 Å². The van der Waals surface area contributed by atoms with Crippen molar-refractivity contribution in [1.29, 1.82) is 0 Å². The number of hydrogen-bond donors (Lipinski definition) is 2. The SMILES string of the molecule is CCC(=O)NCC1CNC(C)CC1C. The Morgan fingerprint density at radius 1 is 1.50 bits per heavy atom. The third kappa shape index (κ3) is 3.29. The van der Waals surface area contributed by atoms with Crippen LogP contribution in [0.5, 0.6) is 0 Å². The minimum atomic E-state index is 0.163. The van der Waals surface area contributed by atoms with Crippen molar-refractivity contribution >= 4 is 5.91 Å². The van der Waals surface area contributed by atoms with E-state index in [0.29, 0.717) is 24.3 Å². The van der Waals surface area contributed by atoms with Gasteiger partial charge in [0.1, 0.15) is 0 Å². The zero-order valence-electron chi connectivity index (χ0n) is 9.47. The van der Waals surface area contributed by atoms with E-state index < -0.39 is 0 Å². The summed E-state index contributed by atoms with van der Waals surface area (Å²) in [6, 6.07) is 0.628. The van der Waals surface area contributed by atoms with Crippen LogP contribution < -0.4 is 10.6 Å². The first-order chi connectivity index (χ1) is 6.63. The van der Waals surface area contributed by atoms with Crippen LogP contribution in [0.1, 0.15) is 33.6 Å². The molecule has 3 unspecified atom stereocenters. The highest BCUT2D eigenvalue weighted by molar-refractivity contribution is 5.75. The highest BCUT2D eigenvalue weighted by Gasteiger charge is 2.24. The van der Waals surface area contributed by atoms with Crippen molar-refractivity contribution in [3.8, 4) is 0 Å². The molecule has 1 saturated heterocycles. The van der Waals surface area contributed by atoms with Gasteiger partial charge in [-0.2, -0.15) is 0 Å². The number of nitrogens with one attached hydrogen (secondary N) is 2. The summed E-state index contributed by atoms with van der Waals surface area (Å²) >= 11 is 0. The molecule has 82 valence electrons. The lowest BCUT2D eigenvalue weighted by molar-refractivity contribution is -0.121. The largest absolute Gasteiger partial charge is 0.356 e. The van der Waals surface area contributed by atoms with Crippen molar-refractivity contribution in [2.24, 2.45) is 11.8 Å². The molecule has 0 aromatic carbocycles. The van der Waals surface area contributed by atoms with E-state index >= 15 is 0 Å². The van der Waals surface area contributed by atoms with Crippen molar-refractivity contribution in [2.75, 3.05) is 13.1 Å². The smallest absolute Gasteiger partial charge is 0.219 e. The van der Waals surface area contributed by atoms with Crippen LogP contribution in [0.4, 0.5) is 0 Å². The molecule has 1 aliphatic heterocycles. The molecule has 3 heteroatoms. The quantitative estimate of drug-likeness (QED) is 0.714. The Bertz CT molecular complexity index is 194. The summed E-state index contributed by atoms with van der Waals surface area (Å²) in [6.07, 6.45) is 1.80. The maximum atomic E-state index is 11.1. The summed E-state index contributed by atoms with van der Waals surface area (Å²) in [4.78, 5) is 11.1. The topological polar surface area (TPSA) is 41.1 Å². The molecule has 1 rings (SSSR count). The van der Waals surface area contributed by atoms with Crippen LogP contribution in [0.3, 0.4) is 0 Å². The van der Waals surface area contributed by atoms with Crippen LogP contribution in [0, 0.1) is 11.8 Å². The number of rotatable bonds is 3. The normalized spacial score (nSPS) is 32.6. The molecule has 1 heterocycles. The van der Waals surface area contributed by atoms with Gasteiger partial charge in [0.05, 0.1) is 0 Å². The summed E-state index contributed by atoms with van der Waals surface area (Å²) in [5, 5.41) is 6.42. The summed E-state index contributed by atoms with van der Waals surface area (Å²) in [7, 11) is 0. The average molecular weight is 198 g/mol. The number of carbonyl (C=O) groups excluding carboxylic acids is 1. The fraction of sp³-hybridized carbons (Fsp3) is 0.909. The minimum absolute atomic E-state index is 0.163. The fourth-order valence-electron chi connectivity index (χ4n) is 2.03. The van der Waals surface area contributed by atoms with Gasteiger partial charge in [0.2, 0.25) is 5.91 Å². The van der Waals surface area contributed by atoms with Crippen LogP contribution in [-0.4, -0.2) is 25.0 Å². The average Bonchev–Trinajstić information content (AvgIpc) is 2.16. The third-order valence-electron chi connectivity index (χ3n) is 3.14. The summed E-state index contributed by atoms with van der Waals surface area (Å²) in [5.74, 6) is 1.47. The van der Waals surface area contributed by atoms with E-state index in [4.69, 9.17) is 0 Å². The lowest BCUT2D eigenvalue weighted by Crippen LogP contribution is -2.45. The van der Waals surface area contributed by atoms with E-state index in [1.807, 2.05) is 6.92 Å². The molecule has 1 aliphatic rings. The zero-order valence-corrected chi connectivity index (χ0v) is 9.47. The maximum absolute atomic E-state index is 11.1. The standard InChI is InChI=1S/C11H22N2O/c1-4-11(14)13-7-10-6-12-9(3)5-8(10)2/h8-10,12H,4-7H2,1-3H3,(H,13,14). The van der Waals surface area contributed by atoms with Gasteiger partial charge in [-0.25, -0.2) is 0 Å². The van der Waals surface area contributed by atoms with E-state index in [1.54, 1.807) is 0 Å². The van der Waals surface area contributed by atoms with Crippen LogP contribution in [0.15, 0.2) is 0 Å². The van der Waals surface area contributed by atoms with Crippen LogP contribution >= 0.6 is 0 Å². The Morgan fingerprint density at radius 2 is 2.21 bits per heavy atom. The van der Waals surface area contributed by atoms with E-state index in [2.05, 4.69) is 24.5 Å². The number of piperidine rings is 1. The predicted octanol–water partition coefficient (Wildman–Crippen LogP) is 1.15. The van der Waals surface area contributed by atoms with E-state index in [0.717, 1.165) is 13.1 Å².